The van der Waals surface area contributed by atoms with Gasteiger partial charge in [-0.2, -0.15) is 0 Å². The molecule has 24 heavy (non-hydrogen) atoms. The van der Waals surface area contributed by atoms with Crippen molar-refractivity contribution in [1.29, 1.82) is 0 Å². The zero-order valence-corrected chi connectivity index (χ0v) is 15.0. The maximum atomic E-state index is 11.4. The van der Waals surface area contributed by atoms with E-state index in [1.165, 1.54) is 11.2 Å². The number of hydrogen-bond donors (Lipinski definition) is 1. The highest BCUT2D eigenvalue weighted by molar-refractivity contribution is 7.90. The van der Waals surface area contributed by atoms with Gasteiger partial charge in [-0.05, 0) is 62.8 Å². The zero-order valence-electron chi connectivity index (χ0n) is 14.1. The number of carboxylic acid groups (broad SMARTS) is 1. The molecule has 1 fully saturated rings. The topological polar surface area (TPSA) is 83.9 Å². The zero-order chi connectivity index (χ0) is 17.7. The molecule has 0 saturated carbocycles. The van der Waals surface area contributed by atoms with Crippen LogP contribution in [0.1, 0.15) is 32.6 Å². The fourth-order valence-corrected chi connectivity index (χ4v) is 3.57. The number of nitrogens with zero attached hydrogens (tertiary/aromatic N) is 1. The van der Waals surface area contributed by atoms with Crippen molar-refractivity contribution in [2.24, 2.45) is 5.92 Å². The maximum absolute atomic E-state index is 11.4. The summed E-state index contributed by atoms with van der Waals surface area (Å²) < 4.78 is 28.7. The second-order valence-electron chi connectivity index (χ2n) is 6.46. The average molecular weight is 355 g/mol. The number of sulfone groups is 1. The smallest absolute Gasteiger partial charge is 0.407 e. The van der Waals surface area contributed by atoms with Crippen LogP contribution in [0.15, 0.2) is 29.2 Å². The predicted octanol–water partition coefficient (Wildman–Crippen LogP) is 3.03. The molecule has 0 spiro atoms. The SMILES string of the molecule is C[C@H](CCC1CCN(C(=O)O)CC1)Oc1ccc(S(C)(=O)=O)cc1. The summed E-state index contributed by atoms with van der Waals surface area (Å²) in [6.45, 7) is 3.22. The van der Waals surface area contributed by atoms with Crippen molar-refractivity contribution >= 4 is 15.9 Å². The Morgan fingerprint density at radius 2 is 1.88 bits per heavy atom. The highest BCUT2D eigenvalue weighted by atomic mass is 32.2. The van der Waals surface area contributed by atoms with Gasteiger partial charge in [-0.15, -0.1) is 0 Å². The van der Waals surface area contributed by atoms with E-state index in [2.05, 4.69) is 0 Å². The largest absolute Gasteiger partial charge is 0.491 e. The lowest BCUT2D eigenvalue weighted by molar-refractivity contribution is 0.118. The number of benzene rings is 1. The van der Waals surface area contributed by atoms with Gasteiger partial charge < -0.3 is 14.7 Å². The number of piperidine rings is 1. The van der Waals surface area contributed by atoms with E-state index >= 15 is 0 Å². The van der Waals surface area contributed by atoms with Crippen molar-refractivity contribution in [2.75, 3.05) is 19.3 Å². The number of likely N-dealkylation sites (tertiary alicyclic amines) is 1. The first-order valence-corrected chi connectivity index (χ1v) is 10.1. The Hall–Kier alpha value is -1.76. The first-order valence-electron chi connectivity index (χ1n) is 8.20. The van der Waals surface area contributed by atoms with Crippen molar-refractivity contribution in [3.8, 4) is 5.75 Å². The van der Waals surface area contributed by atoms with Crippen LogP contribution in [0.5, 0.6) is 5.75 Å². The summed E-state index contributed by atoms with van der Waals surface area (Å²) in [5, 5.41) is 8.94. The van der Waals surface area contributed by atoms with Crippen molar-refractivity contribution in [1.82, 2.24) is 4.90 Å². The standard InChI is InChI=1S/C17H25NO5S/c1-13(3-4-14-9-11-18(12-10-14)17(19)20)23-15-5-7-16(8-6-15)24(2,21)22/h5-8,13-14H,3-4,9-12H2,1-2H3,(H,19,20)/t13-/m1/s1. The van der Waals surface area contributed by atoms with Crippen molar-refractivity contribution in [3.05, 3.63) is 24.3 Å². The van der Waals surface area contributed by atoms with E-state index in [4.69, 9.17) is 9.84 Å². The Kier molecular flexibility index (Phi) is 6.10. The minimum atomic E-state index is -3.18. The van der Waals surface area contributed by atoms with Crippen LogP contribution < -0.4 is 4.74 Å². The van der Waals surface area contributed by atoms with E-state index in [1.807, 2.05) is 6.92 Å². The molecule has 1 aliphatic rings. The van der Waals surface area contributed by atoms with E-state index in [0.29, 0.717) is 24.8 Å². The number of amides is 1. The molecule has 1 aromatic carbocycles. The number of carbonyl (C=O) groups is 1. The molecule has 134 valence electrons. The van der Waals surface area contributed by atoms with Gasteiger partial charge in [0.15, 0.2) is 9.84 Å². The average Bonchev–Trinajstić information content (AvgIpc) is 2.53. The van der Waals surface area contributed by atoms with Gasteiger partial charge >= 0.3 is 6.09 Å². The maximum Gasteiger partial charge on any atom is 0.407 e. The van der Waals surface area contributed by atoms with Gasteiger partial charge in [-0.25, -0.2) is 13.2 Å². The van der Waals surface area contributed by atoms with E-state index in [1.54, 1.807) is 24.3 Å². The molecule has 0 bridgehead atoms. The Morgan fingerprint density at radius 3 is 2.38 bits per heavy atom. The number of ether oxygens (including phenoxy) is 1. The first kappa shape index (κ1) is 18.6. The summed E-state index contributed by atoms with van der Waals surface area (Å²) in [5.74, 6) is 1.20. The summed E-state index contributed by atoms with van der Waals surface area (Å²) in [4.78, 5) is 12.6. The molecule has 0 unspecified atom stereocenters. The Morgan fingerprint density at radius 1 is 1.29 bits per heavy atom. The second kappa shape index (κ2) is 7.88. The highest BCUT2D eigenvalue weighted by Crippen LogP contribution is 2.24. The van der Waals surface area contributed by atoms with E-state index in [0.717, 1.165) is 25.7 Å². The monoisotopic (exact) mass is 355 g/mol. The van der Waals surface area contributed by atoms with Crippen molar-refractivity contribution in [2.45, 2.75) is 43.6 Å². The lowest BCUT2D eigenvalue weighted by Gasteiger charge is -2.30. The minimum Gasteiger partial charge on any atom is -0.491 e. The summed E-state index contributed by atoms with van der Waals surface area (Å²) >= 11 is 0. The third kappa shape index (κ3) is 5.40. The number of hydrogen-bond acceptors (Lipinski definition) is 4. The van der Waals surface area contributed by atoms with Gasteiger partial charge in [0.2, 0.25) is 0 Å². The molecular weight excluding hydrogens is 330 g/mol. The molecule has 1 aliphatic heterocycles. The van der Waals surface area contributed by atoms with Gasteiger partial charge in [-0.3, -0.25) is 0 Å². The second-order valence-corrected chi connectivity index (χ2v) is 8.48. The molecule has 0 aromatic heterocycles. The molecular formula is C17H25NO5S. The molecule has 6 nitrogen and oxygen atoms in total. The lowest BCUT2D eigenvalue weighted by Crippen LogP contribution is -2.37. The van der Waals surface area contributed by atoms with Crippen LogP contribution in [-0.2, 0) is 9.84 Å². The van der Waals surface area contributed by atoms with Gasteiger partial charge in [0.05, 0.1) is 11.0 Å². The highest BCUT2D eigenvalue weighted by Gasteiger charge is 2.22. The predicted molar refractivity (Wildman–Crippen MR) is 91.2 cm³/mol. The molecule has 1 aromatic rings. The van der Waals surface area contributed by atoms with Crippen LogP contribution >= 0.6 is 0 Å². The summed E-state index contributed by atoms with van der Waals surface area (Å²) in [6, 6.07) is 6.47. The minimum absolute atomic E-state index is 0.0339. The molecule has 1 heterocycles. The van der Waals surface area contributed by atoms with Crippen LogP contribution in [0.25, 0.3) is 0 Å². The fraction of sp³-hybridized carbons (Fsp3) is 0.588. The first-order chi connectivity index (χ1) is 11.3. The van der Waals surface area contributed by atoms with Crippen LogP contribution in [-0.4, -0.2) is 50.0 Å². The molecule has 1 N–H and O–H groups in total. The van der Waals surface area contributed by atoms with Gasteiger partial charge in [0.25, 0.3) is 0 Å². The molecule has 0 radical (unpaired) electrons. The molecule has 1 amide bonds. The quantitative estimate of drug-likeness (QED) is 0.848. The Labute approximate surface area is 143 Å². The normalized spacial score (nSPS) is 17.5. The van der Waals surface area contributed by atoms with Crippen molar-refractivity contribution in [3.63, 3.8) is 0 Å². The van der Waals surface area contributed by atoms with E-state index in [9.17, 15) is 13.2 Å². The van der Waals surface area contributed by atoms with Crippen molar-refractivity contribution < 1.29 is 23.1 Å². The molecule has 7 heteroatoms. The van der Waals surface area contributed by atoms with Gasteiger partial charge in [0.1, 0.15) is 5.75 Å². The molecule has 1 atom stereocenters. The third-order valence-corrected chi connectivity index (χ3v) is 5.58. The van der Waals surface area contributed by atoms with Gasteiger partial charge in [0, 0.05) is 19.3 Å². The van der Waals surface area contributed by atoms with Crippen LogP contribution in [0.4, 0.5) is 4.79 Å². The number of rotatable bonds is 6. The Balaban J connectivity index is 1.76. The summed E-state index contributed by atoms with van der Waals surface area (Å²) in [5.41, 5.74) is 0. The Bertz CT molecular complexity index is 648. The fourth-order valence-electron chi connectivity index (χ4n) is 2.94. The van der Waals surface area contributed by atoms with Crippen LogP contribution in [0.2, 0.25) is 0 Å². The summed E-state index contributed by atoms with van der Waals surface area (Å²) in [7, 11) is -3.18. The molecule has 1 saturated heterocycles. The van der Waals surface area contributed by atoms with Crippen LogP contribution in [0.3, 0.4) is 0 Å². The van der Waals surface area contributed by atoms with E-state index < -0.39 is 15.9 Å². The van der Waals surface area contributed by atoms with E-state index in [-0.39, 0.29) is 11.0 Å². The van der Waals surface area contributed by atoms with Crippen LogP contribution in [0, 0.1) is 5.92 Å². The molecule has 0 aliphatic carbocycles. The third-order valence-electron chi connectivity index (χ3n) is 4.46. The summed E-state index contributed by atoms with van der Waals surface area (Å²) in [6.07, 6.45) is 4.10. The lowest BCUT2D eigenvalue weighted by atomic mass is 9.91. The van der Waals surface area contributed by atoms with Gasteiger partial charge in [-0.1, -0.05) is 0 Å². The molecule has 2 rings (SSSR count).